The van der Waals surface area contributed by atoms with Crippen molar-refractivity contribution in [1.29, 1.82) is 0 Å². The van der Waals surface area contributed by atoms with Crippen LogP contribution in [0.25, 0.3) is 0 Å². The molecule has 3 N–H and O–H groups in total. The van der Waals surface area contributed by atoms with Crippen LogP contribution in [0.5, 0.6) is 0 Å². The summed E-state index contributed by atoms with van der Waals surface area (Å²) in [5.41, 5.74) is 0. The quantitative estimate of drug-likeness (QED) is 0.270. The van der Waals surface area contributed by atoms with E-state index in [1.54, 1.807) is 7.05 Å². The highest BCUT2D eigenvalue weighted by atomic mass is 127. The Labute approximate surface area is 142 Å². The fourth-order valence-corrected chi connectivity index (χ4v) is 3.02. The third-order valence-corrected chi connectivity index (χ3v) is 4.32. The molecule has 3 rings (SSSR count). The van der Waals surface area contributed by atoms with Gasteiger partial charge in [-0.2, -0.15) is 0 Å². The average Bonchev–Trinajstić information content (AvgIpc) is 3.12. The molecule has 0 radical (unpaired) electrons. The number of halogens is 1. The van der Waals surface area contributed by atoms with Crippen molar-refractivity contribution in [3.8, 4) is 0 Å². The number of carbonyl (C=O) groups excluding carboxylic acids is 1. The van der Waals surface area contributed by atoms with Crippen LogP contribution in [0.15, 0.2) is 4.99 Å². The van der Waals surface area contributed by atoms with Crippen molar-refractivity contribution in [2.45, 2.75) is 50.4 Å². The zero-order valence-corrected chi connectivity index (χ0v) is 14.8. The predicted molar refractivity (Wildman–Crippen MR) is 91.9 cm³/mol. The van der Waals surface area contributed by atoms with Gasteiger partial charge in [0.25, 0.3) is 0 Å². The van der Waals surface area contributed by atoms with Crippen molar-refractivity contribution < 1.29 is 9.53 Å². The lowest BCUT2D eigenvalue weighted by atomic mass is 9.96. The van der Waals surface area contributed by atoms with Crippen LogP contribution in [-0.2, 0) is 9.53 Å². The molecule has 3 fully saturated rings. The second-order valence-electron chi connectivity index (χ2n) is 5.92. The molecule has 0 aromatic carbocycles. The van der Waals surface area contributed by atoms with Gasteiger partial charge in [0, 0.05) is 26.1 Å². The van der Waals surface area contributed by atoms with E-state index >= 15 is 0 Å². The van der Waals surface area contributed by atoms with Crippen LogP contribution in [-0.4, -0.2) is 50.3 Å². The zero-order chi connectivity index (χ0) is 13.9. The third kappa shape index (κ3) is 4.45. The van der Waals surface area contributed by atoms with Crippen LogP contribution in [0.4, 0.5) is 0 Å². The van der Waals surface area contributed by atoms with Crippen molar-refractivity contribution in [3.63, 3.8) is 0 Å². The first kappa shape index (κ1) is 16.8. The molecule has 0 spiro atoms. The number of aliphatic imine (C=N–C) groups is 1. The Balaban J connectivity index is 0.00000161. The largest absolute Gasteiger partial charge is 0.373 e. The molecule has 1 aliphatic carbocycles. The minimum absolute atomic E-state index is 0. The predicted octanol–water partition coefficient (Wildman–Crippen LogP) is 0.615. The van der Waals surface area contributed by atoms with E-state index in [-0.39, 0.29) is 35.8 Å². The second kappa shape index (κ2) is 7.62. The molecule has 3 unspecified atom stereocenters. The number of guanidine groups is 1. The highest BCUT2D eigenvalue weighted by Gasteiger charge is 2.41. The lowest BCUT2D eigenvalue weighted by molar-refractivity contribution is -0.122. The van der Waals surface area contributed by atoms with Gasteiger partial charge in [-0.1, -0.05) is 0 Å². The van der Waals surface area contributed by atoms with E-state index in [2.05, 4.69) is 20.9 Å². The first-order valence-electron chi connectivity index (χ1n) is 7.66. The molecule has 120 valence electrons. The zero-order valence-electron chi connectivity index (χ0n) is 12.4. The van der Waals surface area contributed by atoms with Crippen LogP contribution in [0.2, 0.25) is 0 Å². The molecule has 3 aliphatic rings. The monoisotopic (exact) mass is 408 g/mol. The molecule has 2 aliphatic heterocycles. The summed E-state index contributed by atoms with van der Waals surface area (Å²) in [6, 6.07) is 0.376. The van der Waals surface area contributed by atoms with Gasteiger partial charge in [-0.3, -0.25) is 9.79 Å². The van der Waals surface area contributed by atoms with E-state index in [0.717, 1.165) is 31.6 Å². The maximum Gasteiger partial charge on any atom is 0.223 e. The third-order valence-electron chi connectivity index (χ3n) is 4.32. The van der Waals surface area contributed by atoms with Gasteiger partial charge in [-0.25, -0.2) is 0 Å². The number of fused-ring (bicyclic) bond motifs is 2. The topological polar surface area (TPSA) is 74.8 Å². The lowest BCUT2D eigenvalue weighted by Crippen LogP contribution is -2.48. The van der Waals surface area contributed by atoms with Crippen molar-refractivity contribution in [1.82, 2.24) is 16.0 Å². The smallest absolute Gasteiger partial charge is 0.223 e. The highest BCUT2D eigenvalue weighted by Crippen LogP contribution is 2.34. The minimum atomic E-state index is 0. The number of carbonyl (C=O) groups is 1. The van der Waals surface area contributed by atoms with Gasteiger partial charge < -0.3 is 20.7 Å². The number of nitrogens with zero attached hydrogens (tertiary/aromatic N) is 1. The standard InChI is InChI=1S/C14H24N4O2.HI/c1-15-14(17-7-6-16-13(19)9-2-3-9)18-11-8-10-4-5-12(11)20-10;/h9-12H,2-8H2,1H3,(H,16,19)(H2,15,17,18);1H. The number of nitrogens with one attached hydrogen (secondary N) is 3. The molecule has 6 nitrogen and oxygen atoms in total. The van der Waals surface area contributed by atoms with E-state index in [9.17, 15) is 4.79 Å². The van der Waals surface area contributed by atoms with E-state index in [1.807, 2.05) is 0 Å². The molecule has 1 saturated carbocycles. The summed E-state index contributed by atoms with van der Waals surface area (Å²) in [5.74, 6) is 1.27. The van der Waals surface area contributed by atoms with Crippen LogP contribution in [0, 0.1) is 5.92 Å². The summed E-state index contributed by atoms with van der Waals surface area (Å²) in [4.78, 5) is 15.7. The van der Waals surface area contributed by atoms with Gasteiger partial charge in [0.2, 0.25) is 5.91 Å². The van der Waals surface area contributed by atoms with Gasteiger partial charge in [-0.15, -0.1) is 24.0 Å². The van der Waals surface area contributed by atoms with Crippen LogP contribution < -0.4 is 16.0 Å². The number of hydrogen-bond acceptors (Lipinski definition) is 3. The highest BCUT2D eigenvalue weighted by molar-refractivity contribution is 14.0. The second-order valence-corrected chi connectivity index (χ2v) is 5.92. The Kier molecular flexibility index (Phi) is 6.09. The van der Waals surface area contributed by atoms with Crippen molar-refractivity contribution in [3.05, 3.63) is 0 Å². The first-order valence-corrected chi connectivity index (χ1v) is 7.66. The molecule has 0 aromatic rings. The van der Waals surface area contributed by atoms with E-state index in [4.69, 9.17) is 4.74 Å². The Bertz CT molecular complexity index is 400. The number of hydrogen-bond donors (Lipinski definition) is 3. The molecular weight excluding hydrogens is 383 g/mol. The normalized spacial score (nSPS) is 30.7. The molecule has 0 aromatic heterocycles. The van der Waals surface area contributed by atoms with Gasteiger partial charge >= 0.3 is 0 Å². The van der Waals surface area contributed by atoms with Crippen LogP contribution in [0.3, 0.4) is 0 Å². The SMILES string of the molecule is CN=C(NCCNC(=O)C1CC1)NC1CC2CCC1O2.I. The Morgan fingerprint density at radius 3 is 2.52 bits per heavy atom. The lowest BCUT2D eigenvalue weighted by Gasteiger charge is -2.22. The Morgan fingerprint density at radius 1 is 1.19 bits per heavy atom. The number of rotatable bonds is 5. The molecule has 3 atom stereocenters. The fraction of sp³-hybridized carbons (Fsp3) is 0.857. The molecule has 21 heavy (non-hydrogen) atoms. The summed E-state index contributed by atoms with van der Waals surface area (Å²) in [6.45, 7) is 1.34. The number of ether oxygens (including phenoxy) is 1. The summed E-state index contributed by atoms with van der Waals surface area (Å²) in [6.07, 6.45) is 6.30. The summed E-state index contributed by atoms with van der Waals surface area (Å²) < 4.78 is 5.82. The van der Waals surface area contributed by atoms with Crippen molar-refractivity contribution >= 4 is 35.8 Å². The van der Waals surface area contributed by atoms with Gasteiger partial charge in [-0.05, 0) is 32.1 Å². The van der Waals surface area contributed by atoms with E-state index in [1.165, 1.54) is 6.42 Å². The molecule has 2 bridgehead atoms. The maximum absolute atomic E-state index is 11.5. The van der Waals surface area contributed by atoms with Crippen molar-refractivity contribution in [2.75, 3.05) is 20.1 Å². The van der Waals surface area contributed by atoms with Gasteiger partial charge in [0.15, 0.2) is 5.96 Å². The molecule has 7 heteroatoms. The summed E-state index contributed by atoms with van der Waals surface area (Å²) in [5, 5.41) is 9.60. The maximum atomic E-state index is 11.5. The van der Waals surface area contributed by atoms with Crippen LogP contribution >= 0.6 is 24.0 Å². The Morgan fingerprint density at radius 2 is 1.95 bits per heavy atom. The molecular formula is C14H25IN4O2. The van der Waals surface area contributed by atoms with Gasteiger partial charge in [0.05, 0.1) is 18.2 Å². The fourth-order valence-electron chi connectivity index (χ4n) is 3.02. The Hall–Kier alpha value is -0.570. The average molecular weight is 408 g/mol. The van der Waals surface area contributed by atoms with Crippen molar-refractivity contribution in [2.24, 2.45) is 10.9 Å². The summed E-state index contributed by atoms with van der Waals surface area (Å²) >= 11 is 0. The number of amides is 1. The van der Waals surface area contributed by atoms with E-state index in [0.29, 0.717) is 31.3 Å². The molecule has 2 heterocycles. The minimum Gasteiger partial charge on any atom is -0.373 e. The van der Waals surface area contributed by atoms with Crippen LogP contribution in [0.1, 0.15) is 32.1 Å². The van der Waals surface area contributed by atoms with E-state index < -0.39 is 0 Å². The molecule has 2 saturated heterocycles. The van der Waals surface area contributed by atoms with Gasteiger partial charge in [0.1, 0.15) is 0 Å². The first-order chi connectivity index (χ1) is 9.76. The summed E-state index contributed by atoms with van der Waals surface area (Å²) in [7, 11) is 1.77. The molecule has 1 amide bonds.